The van der Waals surface area contributed by atoms with Gasteiger partial charge in [0.05, 0.1) is 0 Å². The number of halogens is 1. The first-order chi connectivity index (χ1) is 6.84. The molecule has 0 saturated carbocycles. The van der Waals surface area contributed by atoms with Crippen molar-refractivity contribution in [2.75, 3.05) is 0 Å². The minimum Gasteiger partial charge on any atom is -0.0843 e. The Labute approximate surface area is 89.2 Å². The van der Waals surface area contributed by atoms with Crippen LogP contribution in [0.25, 0.3) is 0 Å². The molecule has 69 valence electrons. The zero-order valence-corrected chi connectivity index (χ0v) is 8.41. The molecule has 2 aromatic rings. The van der Waals surface area contributed by atoms with Gasteiger partial charge in [0.1, 0.15) is 0 Å². The second kappa shape index (κ2) is 4.30. The molecule has 1 radical (unpaired) electrons. The van der Waals surface area contributed by atoms with Crippen LogP contribution in [0.3, 0.4) is 0 Å². The summed E-state index contributed by atoms with van der Waals surface area (Å²) in [6.07, 6.45) is 2.12. The van der Waals surface area contributed by atoms with E-state index in [1.54, 1.807) is 0 Å². The Morgan fingerprint density at radius 2 is 1.29 bits per heavy atom. The van der Waals surface area contributed by atoms with Crippen molar-refractivity contribution in [3.8, 4) is 0 Å². The fourth-order valence-corrected chi connectivity index (χ4v) is 1.43. The average Bonchev–Trinajstić information content (AvgIpc) is 2.23. The van der Waals surface area contributed by atoms with E-state index in [0.717, 1.165) is 5.02 Å². The van der Waals surface area contributed by atoms with Crippen LogP contribution in [0, 0.1) is 6.42 Å². The molecule has 0 aliphatic rings. The lowest BCUT2D eigenvalue weighted by Gasteiger charge is -2.00. The molecular formula is C13H10Cl. The molecule has 2 aromatic carbocycles. The van der Waals surface area contributed by atoms with Gasteiger partial charge in [-0.2, -0.15) is 0 Å². The summed E-state index contributed by atoms with van der Waals surface area (Å²) in [6, 6.07) is 18.0. The van der Waals surface area contributed by atoms with Gasteiger partial charge in [-0.05, 0) is 23.3 Å². The standard InChI is InChI=1S/C13H10Cl/c14-13-8-6-12(7-9-13)10-11-4-2-1-3-5-11/h1-10H. The Morgan fingerprint density at radius 1 is 0.714 bits per heavy atom. The molecule has 0 spiro atoms. The van der Waals surface area contributed by atoms with Crippen LogP contribution in [0.4, 0.5) is 0 Å². The van der Waals surface area contributed by atoms with Crippen LogP contribution in [0.15, 0.2) is 54.6 Å². The third kappa shape index (κ3) is 2.36. The van der Waals surface area contributed by atoms with E-state index < -0.39 is 0 Å². The van der Waals surface area contributed by atoms with Crippen molar-refractivity contribution in [1.82, 2.24) is 0 Å². The molecule has 0 N–H and O–H groups in total. The Hall–Kier alpha value is -1.27. The summed E-state index contributed by atoms with van der Waals surface area (Å²) in [6.45, 7) is 0. The van der Waals surface area contributed by atoms with Crippen LogP contribution in [0.5, 0.6) is 0 Å². The molecule has 0 fully saturated rings. The second-order valence-electron chi connectivity index (χ2n) is 3.11. The van der Waals surface area contributed by atoms with Crippen molar-refractivity contribution in [3.63, 3.8) is 0 Å². The first kappa shape index (κ1) is 9.29. The Kier molecular flexibility index (Phi) is 2.85. The maximum Gasteiger partial charge on any atom is 0.0406 e. The van der Waals surface area contributed by atoms with Gasteiger partial charge in [0, 0.05) is 11.4 Å². The largest absolute Gasteiger partial charge is 0.0843 e. The summed E-state index contributed by atoms with van der Waals surface area (Å²) in [7, 11) is 0. The summed E-state index contributed by atoms with van der Waals surface area (Å²) in [5, 5.41) is 0.773. The SMILES string of the molecule is Clc1ccc([CH]c2ccccc2)cc1. The van der Waals surface area contributed by atoms with E-state index in [0.29, 0.717) is 0 Å². The predicted molar refractivity (Wildman–Crippen MR) is 60.4 cm³/mol. The third-order valence-electron chi connectivity index (χ3n) is 2.00. The smallest absolute Gasteiger partial charge is 0.0406 e. The van der Waals surface area contributed by atoms with E-state index in [-0.39, 0.29) is 0 Å². The van der Waals surface area contributed by atoms with Crippen molar-refractivity contribution in [3.05, 3.63) is 77.2 Å². The summed E-state index contributed by atoms with van der Waals surface area (Å²) < 4.78 is 0. The van der Waals surface area contributed by atoms with Crippen LogP contribution >= 0.6 is 11.6 Å². The molecule has 2 rings (SSSR count). The van der Waals surface area contributed by atoms with Crippen LogP contribution < -0.4 is 0 Å². The molecule has 0 bridgehead atoms. The minimum absolute atomic E-state index is 0.773. The van der Waals surface area contributed by atoms with Crippen molar-refractivity contribution < 1.29 is 0 Å². The van der Waals surface area contributed by atoms with Crippen molar-refractivity contribution in [1.29, 1.82) is 0 Å². The zero-order chi connectivity index (χ0) is 9.80. The maximum atomic E-state index is 5.80. The normalized spacial score (nSPS) is 10.1. The zero-order valence-electron chi connectivity index (χ0n) is 7.65. The fourth-order valence-electron chi connectivity index (χ4n) is 1.30. The summed E-state index contributed by atoms with van der Waals surface area (Å²) in [4.78, 5) is 0. The lowest BCUT2D eigenvalue weighted by atomic mass is 10.1. The molecule has 0 atom stereocenters. The molecule has 1 heteroatoms. The number of rotatable bonds is 2. The van der Waals surface area contributed by atoms with Crippen LogP contribution in [-0.2, 0) is 0 Å². The van der Waals surface area contributed by atoms with Crippen molar-refractivity contribution >= 4 is 11.6 Å². The molecule has 0 unspecified atom stereocenters. The Balaban J connectivity index is 2.16. The van der Waals surface area contributed by atoms with Crippen LogP contribution in [-0.4, -0.2) is 0 Å². The van der Waals surface area contributed by atoms with Gasteiger partial charge in [0.15, 0.2) is 0 Å². The number of benzene rings is 2. The van der Waals surface area contributed by atoms with Crippen molar-refractivity contribution in [2.45, 2.75) is 0 Å². The molecule has 0 saturated heterocycles. The van der Waals surface area contributed by atoms with E-state index in [4.69, 9.17) is 11.6 Å². The van der Waals surface area contributed by atoms with E-state index in [1.165, 1.54) is 11.1 Å². The van der Waals surface area contributed by atoms with E-state index in [1.807, 2.05) is 42.5 Å². The molecule has 0 nitrogen and oxygen atoms in total. The summed E-state index contributed by atoms with van der Waals surface area (Å²) in [5.74, 6) is 0. The highest BCUT2D eigenvalue weighted by molar-refractivity contribution is 6.30. The lowest BCUT2D eigenvalue weighted by molar-refractivity contribution is 1.43. The van der Waals surface area contributed by atoms with Gasteiger partial charge in [-0.15, -0.1) is 0 Å². The average molecular weight is 202 g/mol. The van der Waals surface area contributed by atoms with Crippen molar-refractivity contribution in [2.24, 2.45) is 0 Å². The highest BCUT2D eigenvalue weighted by atomic mass is 35.5. The van der Waals surface area contributed by atoms with E-state index >= 15 is 0 Å². The molecule has 0 aliphatic heterocycles. The van der Waals surface area contributed by atoms with E-state index in [2.05, 4.69) is 18.6 Å². The highest BCUT2D eigenvalue weighted by Gasteiger charge is 1.95. The fraction of sp³-hybridized carbons (Fsp3) is 0. The topological polar surface area (TPSA) is 0 Å². The second-order valence-corrected chi connectivity index (χ2v) is 3.54. The summed E-state index contributed by atoms with van der Waals surface area (Å²) in [5.41, 5.74) is 2.37. The van der Waals surface area contributed by atoms with Gasteiger partial charge in [-0.3, -0.25) is 0 Å². The first-order valence-electron chi connectivity index (χ1n) is 4.50. The van der Waals surface area contributed by atoms with Gasteiger partial charge < -0.3 is 0 Å². The molecule has 0 heterocycles. The van der Waals surface area contributed by atoms with Crippen LogP contribution in [0.1, 0.15) is 11.1 Å². The number of hydrogen-bond donors (Lipinski definition) is 0. The van der Waals surface area contributed by atoms with Gasteiger partial charge in [0.25, 0.3) is 0 Å². The van der Waals surface area contributed by atoms with Gasteiger partial charge in [-0.25, -0.2) is 0 Å². The minimum atomic E-state index is 0.773. The first-order valence-corrected chi connectivity index (χ1v) is 4.88. The van der Waals surface area contributed by atoms with Gasteiger partial charge in [0.2, 0.25) is 0 Å². The Morgan fingerprint density at radius 3 is 1.93 bits per heavy atom. The summed E-state index contributed by atoms with van der Waals surface area (Å²) >= 11 is 5.80. The molecule has 0 amide bonds. The monoisotopic (exact) mass is 201 g/mol. The molecule has 0 aromatic heterocycles. The van der Waals surface area contributed by atoms with E-state index in [9.17, 15) is 0 Å². The number of hydrogen-bond acceptors (Lipinski definition) is 0. The highest BCUT2D eigenvalue weighted by Crippen LogP contribution is 2.14. The maximum absolute atomic E-state index is 5.80. The van der Waals surface area contributed by atoms with Crippen LogP contribution in [0.2, 0.25) is 5.02 Å². The molecule has 14 heavy (non-hydrogen) atoms. The molecule has 0 aliphatic carbocycles. The van der Waals surface area contributed by atoms with Gasteiger partial charge in [-0.1, -0.05) is 54.1 Å². The lowest BCUT2D eigenvalue weighted by Crippen LogP contribution is -1.83. The van der Waals surface area contributed by atoms with Gasteiger partial charge >= 0.3 is 0 Å². The Bertz CT molecular complexity index is 389. The molecular weight excluding hydrogens is 192 g/mol. The third-order valence-corrected chi connectivity index (χ3v) is 2.25. The quantitative estimate of drug-likeness (QED) is 0.691. The predicted octanol–water partition coefficient (Wildman–Crippen LogP) is 3.94.